The van der Waals surface area contributed by atoms with Crippen LogP contribution in [-0.2, 0) is 7.05 Å². The molecule has 0 aliphatic carbocycles. The van der Waals surface area contributed by atoms with Crippen LogP contribution < -0.4 is 16.1 Å². The summed E-state index contributed by atoms with van der Waals surface area (Å²) in [5.41, 5.74) is -1.59. The van der Waals surface area contributed by atoms with Gasteiger partial charge in [-0.15, -0.1) is 0 Å². The number of pyridine rings is 1. The van der Waals surface area contributed by atoms with E-state index in [1.54, 1.807) is 6.20 Å². The van der Waals surface area contributed by atoms with E-state index in [9.17, 15) is 18.8 Å². The van der Waals surface area contributed by atoms with E-state index in [0.29, 0.717) is 26.2 Å². The number of anilines is 1. The van der Waals surface area contributed by atoms with E-state index < -0.39 is 23.0 Å². The number of carbonyl (C=O) groups is 1. The van der Waals surface area contributed by atoms with E-state index in [4.69, 9.17) is 0 Å². The fourth-order valence-electron chi connectivity index (χ4n) is 3.29. The second kappa shape index (κ2) is 7.90. The zero-order chi connectivity index (χ0) is 21.3. The molecule has 3 heterocycles. The third kappa shape index (κ3) is 3.59. The summed E-state index contributed by atoms with van der Waals surface area (Å²) in [5.74, 6) is -0.200. The van der Waals surface area contributed by atoms with Gasteiger partial charge < -0.3 is 9.80 Å². The van der Waals surface area contributed by atoms with Crippen molar-refractivity contribution in [3.8, 4) is 5.69 Å². The zero-order valence-corrected chi connectivity index (χ0v) is 16.2. The number of halogens is 1. The molecule has 0 atom stereocenters. The maximum atomic E-state index is 13.2. The van der Waals surface area contributed by atoms with Crippen molar-refractivity contribution >= 4 is 11.7 Å². The second-order valence-electron chi connectivity index (χ2n) is 6.85. The van der Waals surface area contributed by atoms with Gasteiger partial charge in [0.25, 0.3) is 11.5 Å². The fraction of sp³-hybridized carbons (Fsp3) is 0.250. The van der Waals surface area contributed by atoms with E-state index >= 15 is 0 Å². The first kappa shape index (κ1) is 19.5. The number of nitrogens with zero attached hydrogens (tertiary/aromatic N) is 6. The molecule has 1 amide bonds. The Balaban J connectivity index is 1.61. The molecule has 2 aromatic heterocycles. The Morgan fingerprint density at radius 2 is 1.70 bits per heavy atom. The van der Waals surface area contributed by atoms with E-state index in [1.165, 1.54) is 36.2 Å². The van der Waals surface area contributed by atoms with Crippen molar-refractivity contribution in [2.45, 2.75) is 0 Å². The number of benzene rings is 1. The standard InChI is InChI=1S/C20H19FN6O3/c1-24-18(28)17(23-27(20(24)30)15-7-5-14(21)6-8-15)19(29)26-12-10-25(11-13-26)16-4-2-3-9-22-16/h2-9H,10-13H2,1H3. The van der Waals surface area contributed by atoms with E-state index in [2.05, 4.69) is 15.0 Å². The molecular formula is C20H19FN6O3. The highest BCUT2D eigenvalue weighted by Gasteiger charge is 2.27. The topological polar surface area (TPSA) is 93.3 Å². The first-order chi connectivity index (χ1) is 14.5. The number of aromatic nitrogens is 4. The molecule has 154 valence electrons. The summed E-state index contributed by atoms with van der Waals surface area (Å²) in [7, 11) is 1.28. The van der Waals surface area contributed by atoms with Gasteiger partial charge in [-0.05, 0) is 36.4 Å². The molecule has 1 saturated heterocycles. The van der Waals surface area contributed by atoms with Crippen LogP contribution in [0.2, 0.25) is 0 Å². The van der Waals surface area contributed by atoms with Crippen molar-refractivity contribution in [3.05, 3.63) is 81.0 Å². The van der Waals surface area contributed by atoms with Crippen molar-refractivity contribution in [1.82, 2.24) is 24.2 Å². The summed E-state index contributed by atoms with van der Waals surface area (Å²) in [4.78, 5) is 45.9. The number of hydrogen-bond acceptors (Lipinski definition) is 6. The molecule has 3 aromatic rings. The van der Waals surface area contributed by atoms with Crippen LogP contribution in [0.3, 0.4) is 0 Å². The number of piperazine rings is 1. The molecule has 1 aliphatic heterocycles. The lowest BCUT2D eigenvalue weighted by Crippen LogP contribution is -2.51. The SMILES string of the molecule is Cn1c(=O)c(C(=O)N2CCN(c3ccccn3)CC2)nn(-c2ccc(F)cc2)c1=O. The Hall–Kier alpha value is -3.82. The molecule has 1 aromatic carbocycles. The summed E-state index contributed by atoms with van der Waals surface area (Å²) >= 11 is 0. The van der Waals surface area contributed by atoms with Gasteiger partial charge in [-0.25, -0.2) is 14.2 Å². The Bertz CT molecular complexity index is 1180. The van der Waals surface area contributed by atoms with E-state index in [-0.39, 0.29) is 11.4 Å². The number of rotatable bonds is 3. The quantitative estimate of drug-likeness (QED) is 0.622. The minimum absolute atomic E-state index is 0.256. The Morgan fingerprint density at radius 1 is 1.00 bits per heavy atom. The molecule has 0 spiro atoms. The Kier molecular flexibility index (Phi) is 5.13. The molecule has 0 bridgehead atoms. The molecule has 0 radical (unpaired) electrons. The van der Waals surface area contributed by atoms with Crippen LogP contribution in [0.1, 0.15) is 10.5 Å². The highest BCUT2D eigenvalue weighted by Crippen LogP contribution is 2.13. The highest BCUT2D eigenvalue weighted by molar-refractivity contribution is 5.92. The second-order valence-corrected chi connectivity index (χ2v) is 6.85. The minimum atomic E-state index is -0.768. The summed E-state index contributed by atoms with van der Waals surface area (Å²) in [6, 6.07) is 10.7. The number of carbonyl (C=O) groups excluding carboxylic acids is 1. The van der Waals surface area contributed by atoms with Crippen LogP contribution in [-0.4, -0.2) is 56.3 Å². The van der Waals surface area contributed by atoms with Crippen molar-refractivity contribution in [2.75, 3.05) is 31.1 Å². The van der Waals surface area contributed by atoms with Crippen molar-refractivity contribution < 1.29 is 9.18 Å². The molecule has 1 fully saturated rings. The molecule has 9 nitrogen and oxygen atoms in total. The molecule has 4 rings (SSSR count). The van der Waals surface area contributed by atoms with Crippen LogP contribution in [0.4, 0.5) is 10.2 Å². The molecule has 1 aliphatic rings. The minimum Gasteiger partial charge on any atom is -0.353 e. The number of hydrogen-bond donors (Lipinski definition) is 0. The van der Waals surface area contributed by atoms with Crippen LogP contribution in [0.15, 0.2) is 58.3 Å². The highest BCUT2D eigenvalue weighted by atomic mass is 19.1. The summed E-state index contributed by atoms with van der Waals surface area (Å²) in [6.07, 6.45) is 1.71. The first-order valence-electron chi connectivity index (χ1n) is 9.37. The molecule has 0 saturated carbocycles. The van der Waals surface area contributed by atoms with Crippen LogP contribution in [0.5, 0.6) is 0 Å². The van der Waals surface area contributed by atoms with E-state index in [1.807, 2.05) is 18.2 Å². The van der Waals surface area contributed by atoms with Gasteiger partial charge in [0, 0.05) is 39.4 Å². The third-order valence-corrected chi connectivity index (χ3v) is 4.99. The normalized spacial score (nSPS) is 14.1. The predicted molar refractivity (Wildman–Crippen MR) is 107 cm³/mol. The summed E-state index contributed by atoms with van der Waals surface area (Å²) < 4.78 is 15.0. The van der Waals surface area contributed by atoms with Gasteiger partial charge in [-0.3, -0.25) is 14.2 Å². The van der Waals surface area contributed by atoms with Gasteiger partial charge in [-0.1, -0.05) is 6.07 Å². The number of amides is 1. The van der Waals surface area contributed by atoms with E-state index in [0.717, 1.165) is 15.1 Å². The largest absolute Gasteiger partial charge is 0.353 e. The van der Waals surface area contributed by atoms with Crippen LogP contribution in [0, 0.1) is 5.82 Å². The lowest BCUT2D eigenvalue weighted by molar-refractivity contribution is 0.0735. The molecule has 30 heavy (non-hydrogen) atoms. The van der Waals surface area contributed by atoms with Gasteiger partial charge in [0.2, 0.25) is 5.69 Å². The third-order valence-electron chi connectivity index (χ3n) is 4.99. The summed E-state index contributed by atoms with van der Waals surface area (Å²) in [6.45, 7) is 1.88. The predicted octanol–water partition coefficient (Wildman–Crippen LogP) is 0.428. The maximum Gasteiger partial charge on any atom is 0.351 e. The maximum absolute atomic E-state index is 13.2. The monoisotopic (exact) mass is 410 g/mol. The lowest BCUT2D eigenvalue weighted by atomic mass is 10.2. The van der Waals surface area contributed by atoms with Gasteiger partial charge in [0.05, 0.1) is 5.69 Å². The fourth-order valence-corrected chi connectivity index (χ4v) is 3.29. The molecule has 0 unspecified atom stereocenters. The van der Waals surface area contributed by atoms with Crippen molar-refractivity contribution in [3.63, 3.8) is 0 Å². The smallest absolute Gasteiger partial charge is 0.351 e. The van der Waals surface area contributed by atoms with Crippen molar-refractivity contribution in [1.29, 1.82) is 0 Å². The van der Waals surface area contributed by atoms with Gasteiger partial charge in [0.15, 0.2) is 0 Å². The van der Waals surface area contributed by atoms with Crippen LogP contribution >= 0.6 is 0 Å². The van der Waals surface area contributed by atoms with Crippen LogP contribution in [0.25, 0.3) is 5.69 Å². The zero-order valence-electron chi connectivity index (χ0n) is 16.2. The Morgan fingerprint density at radius 3 is 2.33 bits per heavy atom. The molecule has 0 N–H and O–H groups in total. The van der Waals surface area contributed by atoms with Gasteiger partial charge in [-0.2, -0.15) is 9.78 Å². The average Bonchev–Trinajstić information content (AvgIpc) is 2.79. The van der Waals surface area contributed by atoms with Gasteiger partial charge >= 0.3 is 5.69 Å². The van der Waals surface area contributed by atoms with Gasteiger partial charge in [0.1, 0.15) is 11.6 Å². The summed E-state index contributed by atoms with van der Waals surface area (Å²) in [5, 5.41) is 4.02. The average molecular weight is 410 g/mol. The Labute approximate surface area is 170 Å². The van der Waals surface area contributed by atoms with Crippen molar-refractivity contribution in [2.24, 2.45) is 7.05 Å². The lowest BCUT2D eigenvalue weighted by Gasteiger charge is -2.35. The molecular weight excluding hydrogens is 391 g/mol. The first-order valence-corrected chi connectivity index (χ1v) is 9.37. The molecule has 10 heteroatoms.